The number of ether oxygens (including phenoxy) is 2. The zero-order chi connectivity index (χ0) is 23.5. The van der Waals surface area contributed by atoms with Gasteiger partial charge in [0.05, 0.1) is 31.6 Å². The number of hydrogen-bond donors (Lipinski definition) is 2. The summed E-state index contributed by atoms with van der Waals surface area (Å²) in [6.07, 6.45) is 0. The molecule has 3 aromatic rings. The number of para-hydroxylation sites is 2. The average Bonchev–Trinajstić information content (AvgIpc) is 3.20. The molecule has 1 fully saturated rings. The first-order valence-electron chi connectivity index (χ1n) is 10.8. The molecule has 1 saturated heterocycles. The highest BCUT2D eigenvalue weighted by atomic mass is 79.9. The normalized spacial score (nSPS) is 15.3. The minimum atomic E-state index is -0.532. The number of aromatic amines is 1. The lowest BCUT2D eigenvalue weighted by molar-refractivity contribution is -0.120. The molecule has 174 valence electrons. The van der Waals surface area contributed by atoms with Gasteiger partial charge >= 0.3 is 5.97 Å². The van der Waals surface area contributed by atoms with Gasteiger partial charge in [0.15, 0.2) is 0 Å². The van der Waals surface area contributed by atoms with E-state index in [4.69, 9.17) is 9.47 Å². The van der Waals surface area contributed by atoms with Crippen molar-refractivity contribution in [2.24, 2.45) is 0 Å². The van der Waals surface area contributed by atoms with E-state index in [1.807, 2.05) is 49.4 Å². The molecule has 1 amide bonds. The fraction of sp³-hybridized carbons (Fsp3) is 0.333. The fourth-order valence-corrected chi connectivity index (χ4v) is 4.54. The van der Waals surface area contributed by atoms with Gasteiger partial charge in [-0.25, -0.2) is 4.79 Å². The average molecular weight is 515 g/mol. The zero-order valence-electron chi connectivity index (χ0n) is 18.9. The van der Waals surface area contributed by atoms with Gasteiger partial charge in [-0.1, -0.05) is 28.1 Å². The Bertz CT molecular complexity index is 1170. The number of H-pyrrole nitrogens is 1. The summed E-state index contributed by atoms with van der Waals surface area (Å²) in [5, 5.41) is 3.71. The Morgan fingerprint density at radius 3 is 2.52 bits per heavy atom. The lowest BCUT2D eigenvalue weighted by Crippen LogP contribution is -2.53. The highest BCUT2D eigenvalue weighted by Gasteiger charge is 2.28. The Morgan fingerprint density at radius 1 is 1.09 bits per heavy atom. The summed E-state index contributed by atoms with van der Waals surface area (Å²) < 4.78 is 11.2. The van der Waals surface area contributed by atoms with Crippen LogP contribution in [-0.2, 0) is 9.53 Å². The molecule has 0 aliphatic carbocycles. The summed E-state index contributed by atoms with van der Waals surface area (Å²) in [5.41, 5.74) is 2.46. The number of nitrogens with one attached hydrogen (secondary N) is 2. The maximum atomic E-state index is 13.2. The molecule has 0 unspecified atom stereocenters. The van der Waals surface area contributed by atoms with Crippen LogP contribution < -0.4 is 15.0 Å². The van der Waals surface area contributed by atoms with Crippen LogP contribution in [0.5, 0.6) is 5.75 Å². The summed E-state index contributed by atoms with van der Waals surface area (Å²) >= 11 is 3.46. The van der Waals surface area contributed by atoms with Gasteiger partial charge in [0.25, 0.3) is 0 Å². The van der Waals surface area contributed by atoms with Gasteiger partial charge in [-0.2, -0.15) is 0 Å². The minimum absolute atomic E-state index is 0.174. The van der Waals surface area contributed by atoms with Crippen molar-refractivity contribution in [2.45, 2.75) is 13.0 Å². The summed E-state index contributed by atoms with van der Waals surface area (Å²) in [6.45, 7) is 4.92. The molecule has 4 rings (SSSR count). The summed E-state index contributed by atoms with van der Waals surface area (Å²) in [6, 6.07) is 13.2. The van der Waals surface area contributed by atoms with E-state index in [2.05, 4.69) is 36.0 Å². The third kappa shape index (κ3) is 4.69. The summed E-state index contributed by atoms with van der Waals surface area (Å²) in [5.74, 6) is 0.139. The van der Waals surface area contributed by atoms with Crippen LogP contribution in [-0.4, -0.2) is 68.2 Å². The highest BCUT2D eigenvalue weighted by Crippen LogP contribution is 2.32. The lowest BCUT2D eigenvalue weighted by Gasteiger charge is -2.38. The lowest BCUT2D eigenvalue weighted by atomic mass is 10.1. The van der Waals surface area contributed by atoms with Crippen LogP contribution in [0.15, 0.2) is 46.9 Å². The van der Waals surface area contributed by atoms with E-state index in [1.165, 1.54) is 7.11 Å². The van der Waals surface area contributed by atoms with Gasteiger partial charge in [-0.15, -0.1) is 0 Å². The quantitative estimate of drug-likeness (QED) is 0.485. The number of hydrogen-bond acceptors (Lipinski definition) is 6. The Morgan fingerprint density at radius 2 is 1.82 bits per heavy atom. The van der Waals surface area contributed by atoms with Crippen LogP contribution >= 0.6 is 15.9 Å². The maximum Gasteiger partial charge on any atom is 0.356 e. The van der Waals surface area contributed by atoms with Gasteiger partial charge in [-0.3, -0.25) is 9.69 Å². The predicted octanol–water partition coefficient (Wildman–Crippen LogP) is 3.87. The number of anilines is 2. The molecular weight excluding hydrogens is 488 g/mol. The highest BCUT2D eigenvalue weighted by molar-refractivity contribution is 9.10. The van der Waals surface area contributed by atoms with Crippen molar-refractivity contribution in [2.75, 3.05) is 50.6 Å². The molecule has 0 bridgehead atoms. The largest absolute Gasteiger partial charge is 0.495 e. The van der Waals surface area contributed by atoms with E-state index in [-0.39, 0.29) is 17.6 Å². The Kier molecular flexibility index (Phi) is 6.90. The molecule has 0 saturated carbocycles. The first-order chi connectivity index (χ1) is 15.9. The molecule has 33 heavy (non-hydrogen) atoms. The molecule has 1 aromatic heterocycles. The number of rotatable bonds is 6. The van der Waals surface area contributed by atoms with Crippen molar-refractivity contribution in [3.05, 3.63) is 52.6 Å². The second-order valence-corrected chi connectivity index (χ2v) is 8.83. The number of carbonyl (C=O) groups excluding carboxylic acids is 2. The van der Waals surface area contributed by atoms with Crippen LogP contribution in [0.1, 0.15) is 17.4 Å². The van der Waals surface area contributed by atoms with Gasteiger partial charge in [-0.05, 0) is 37.3 Å². The SMILES string of the molecule is COC(=O)c1[nH]c2ccc(Br)cc2c1NC(=O)[C@@H](C)N1CCN(c2ccccc2OC)CC1. The molecule has 0 radical (unpaired) electrons. The van der Waals surface area contributed by atoms with Crippen molar-refractivity contribution < 1.29 is 19.1 Å². The molecule has 1 aliphatic heterocycles. The van der Waals surface area contributed by atoms with E-state index in [1.54, 1.807) is 7.11 Å². The van der Waals surface area contributed by atoms with Crippen molar-refractivity contribution in [3.8, 4) is 5.75 Å². The Balaban J connectivity index is 1.48. The van der Waals surface area contributed by atoms with Gasteiger partial charge in [0.2, 0.25) is 5.91 Å². The number of fused-ring (bicyclic) bond motifs is 1. The fourth-order valence-electron chi connectivity index (χ4n) is 4.18. The third-order valence-electron chi connectivity index (χ3n) is 6.07. The number of benzene rings is 2. The minimum Gasteiger partial charge on any atom is -0.495 e. The second kappa shape index (κ2) is 9.84. The van der Waals surface area contributed by atoms with E-state index in [9.17, 15) is 9.59 Å². The molecule has 1 atom stereocenters. The van der Waals surface area contributed by atoms with E-state index in [0.717, 1.165) is 53.0 Å². The number of nitrogens with zero attached hydrogens (tertiary/aromatic N) is 2. The number of carbonyl (C=O) groups is 2. The van der Waals surface area contributed by atoms with Gasteiger partial charge in [0, 0.05) is 41.6 Å². The number of methoxy groups -OCH3 is 2. The molecule has 2 aromatic carbocycles. The van der Waals surface area contributed by atoms with E-state index >= 15 is 0 Å². The van der Waals surface area contributed by atoms with Crippen molar-refractivity contribution in [3.63, 3.8) is 0 Å². The van der Waals surface area contributed by atoms with Gasteiger partial charge in [0.1, 0.15) is 11.4 Å². The van der Waals surface area contributed by atoms with E-state index < -0.39 is 5.97 Å². The number of halogens is 1. The number of piperazine rings is 1. The first kappa shape index (κ1) is 23.1. The third-order valence-corrected chi connectivity index (χ3v) is 6.56. The van der Waals surface area contributed by atoms with Crippen LogP contribution in [0.2, 0.25) is 0 Å². The Hall–Kier alpha value is -3.04. The van der Waals surface area contributed by atoms with Crippen molar-refractivity contribution in [1.29, 1.82) is 0 Å². The smallest absolute Gasteiger partial charge is 0.356 e. The monoisotopic (exact) mass is 514 g/mol. The number of aromatic nitrogens is 1. The topological polar surface area (TPSA) is 86.9 Å². The molecule has 2 N–H and O–H groups in total. The number of esters is 1. The summed E-state index contributed by atoms with van der Waals surface area (Å²) in [4.78, 5) is 33.0. The van der Waals surface area contributed by atoms with E-state index in [0.29, 0.717) is 5.69 Å². The Labute approximate surface area is 201 Å². The molecule has 0 spiro atoms. The molecule has 8 nitrogen and oxygen atoms in total. The van der Waals surface area contributed by atoms with Crippen LogP contribution in [0.3, 0.4) is 0 Å². The molecule has 1 aliphatic rings. The maximum absolute atomic E-state index is 13.2. The van der Waals surface area contributed by atoms with Crippen LogP contribution in [0.25, 0.3) is 10.9 Å². The molecular formula is C24H27BrN4O4. The number of amides is 1. The summed E-state index contributed by atoms with van der Waals surface area (Å²) in [7, 11) is 2.99. The standard InChI is InChI=1S/C24H27BrN4O4/c1-15(28-10-12-29(13-11-28)19-6-4-5-7-20(19)32-2)23(30)27-21-17-14-16(25)8-9-18(17)26-22(21)24(31)33-3/h4-9,14-15,26H,10-13H2,1-3H3,(H,27,30)/t15-/m1/s1. The van der Waals surface area contributed by atoms with Crippen molar-refractivity contribution in [1.82, 2.24) is 9.88 Å². The van der Waals surface area contributed by atoms with Crippen LogP contribution in [0.4, 0.5) is 11.4 Å². The first-order valence-corrected chi connectivity index (χ1v) is 11.5. The second-order valence-electron chi connectivity index (χ2n) is 7.92. The molecule has 2 heterocycles. The zero-order valence-corrected chi connectivity index (χ0v) is 20.4. The van der Waals surface area contributed by atoms with Crippen molar-refractivity contribution >= 4 is 50.1 Å². The van der Waals surface area contributed by atoms with Crippen LogP contribution in [0, 0.1) is 0 Å². The molecule has 9 heteroatoms. The predicted molar refractivity (Wildman–Crippen MR) is 132 cm³/mol. The van der Waals surface area contributed by atoms with Gasteiger partial charge < -0.3 is 24.7 Å².